The van der Waals surface area contributed by atoms with Crippen molar-refractivity contribution in [2.75, 3.05) is 31.1 Å². The zero-order valence-electron chi connectivity index (χ0n) is 13.0. The van der Waals surface area contributed by atoms with Crippen molar-refractivity contribution in [1.29, 1.82) is 0 Å². The van der Waals surface area contributed by atoms with Gasteiger partial charge in [0.15, 0.2) is 11.6 Å². The number of piperazine rings is 1. The maximum Gasteiger partial charge on any atom is 0.227 e. The van der Waals surface area contributed by atoms with Crippen LogP contribution in [0, 0.1) is 11.6 Å². The summed E-state index contributed by atoms with van der Waals surface area (Å²) >= 11 is 5.84. The normalized spacial score (nSPS) is 14.8. The minimum absolute atomic E-state index is 0.0576. The molecular formula is C18H17ClF2N2O. The van der Waals surface area contributed by atoms with Gasteiger partial charge in [-0.05, 0) is 29.8 Å². The molecule has 2 aromatic rings. The molecule has 126 valence electrons. The Balaban J connectivity index is 1.57. The van der Waals surface area contributed by atoms with Crippen molar-refractivity contribution in [1.82, 2.24) is 4.90 Å². The zero-order valence-corrected chi connectivity index (χ0v) is 13.8. The Hall–Kier alpha value is -2.14. The summed E-state index contributed by atoms with van der Waals surface area (Å²) in [6, 6.07) is 11.1. The lowest BCUT2D eigenvalue weighted by molar-refractivity contribution is -0.130. The standard InChI is InChI=1S/C18H17ClF2N2O/c19-14-3-1-13(2-4-14)11-18(24)23-9-7-22(8-10-23)15-5-6-16(20)17(21)12-15/h1-6,12H,7-11H2. The van der Waals surface area contributed by atoms with Crippen LogP contribution in [0.5, 0.6) is 0 Å². The molecule has 1 fully saturated rings. The van der Waals surface area contributed by atoms with E-state index in [1.807, 2.05) is 17.0 Å². The summed E-state index contributed by atoms with van der Waals surface area (Å²) in [6.45, 7) is 2.31. The Labute approximate surface area is 144 Å². The van der Waals surface area contributed by atoms with Crippen LogP contribution in [0.15, 0.2) is 42.5 Å². The van der Waals surface area contributed by atoms with Gasteiger partial charge in [-0.15, -0.1) is 0 Å². The lowest BCUT2D eigenvalue weighted by atomic mass is 10.1. The molecule has 0 N–H and O–H groups in total. The van der Waals surface area contributed by atoms with E-state index in [2.05, 4.69) is 0 Å². The lowest BCUT2D eigenvalue weighted by Gasteiger charge is -2.36. The van der Waals surface area contributed by atoms with Gasteiger partial charge in [0.1, 0.15) is 0 Å². The monoisotopic (exact) mass is 350 g/mol. The van der Waals surface area contributed by atoms with E-state index in [9.17, 15) is 13.6 Å². The van der Waals surface area contributed by atoms with E-state index < -0.39 is 11.6 Å². The molecule has 0 aromatic heterocycles. The molecule has 1 heterocycles. The Morgan fingerprint density at radius 3 is 2.25 bits per heavy atom. The van der Waals surface area contributed by atoms with E-state index in [0.29, 0.717) is 43.3 Å². The van der Waals surface area contributed by atoms with Crippen LogP contribution in [0.4, 0.5) is 14.5 Å². The first-order valence-corrected chi connectivity index (χ1v) is 8.13. The molecule has 0 bridgehead atoms. The van der Waals surface area contributed by atoms with Crippen LogP contribution in [0.25, 0.3) is 0 Å². The fraction of sp³-hybridized carbons (Fsp3) is 0.278. The molecule has 1 amide bonds. The fourth-order valence-corrected chi connectivity index (χ4v) is 2.91. The number of hydrogen-bond acceptors (Lipinski definition) is 2. The summed E-state index contributed by atoms with van der Waals surface area (Å²) in [7, 11) is 0. The minimum Gasteiger partial charge on any atom is -0.368 e. The topological polar surface area (TPSA) is 23.6 Å². The van der Waals surface area contributed by atoms with E-state index in [1.54, 1.807) is 23.1 Å². The molecule has 0 aliphatic carbocycles. The Morgan fingerprint density at radius 1 is 0.958 bits per heavy atom. The predicted molar refractivity (Wildman–Crippen MR) is 90.3 cm³/mol. The van der Waals surface area contributed by atoms with Crippen molar-refractivity contribution < 1.29 is 13.6 Å². The second-order valence-electron chi connectivity index (χ2n) is 5.77. The first-order chi connectivity index (χ1) is 11.5. The van der Waals surface area contributed by atoms with Gasteiger partial charge >= 0.3 is 0 Å². The largest absolute Gasteiger partial charge is 0.368 e. The second-order valence-corrected chi connectivity index (χ2v) is 6.21. The average Bonchev–Trinajstić information content (AvgIpc) is 2.59. The molecule has 3 nitrogen and oxygen atoms in total. The molecule has 1 aliphatic heterocycles. The van der Waals surface area contributed by atoms with E-state index in [0.717, 1.165) is 11.6 Å². The zero-order chi connectivity index (χ0) is 17.1. The first kappa shape index (κ1) is 16.7. The highest BCUT2D eigenvalue weighted by atomic mass is 35.5. The van der Waals surface area contributed by atoms with Gasteiger partial charge in [0.2, 0.25) is 5.91 Å². The molecule has 0 unspecified atom stereocenters. The first-order valence-electron chi connectivity index (χ1n) is 7.75. The van der Waals surface area contributed by atoms with Gasteiger partial charge in [-0.3, -0.25) is 4.79 Å². The molecule has 6 heteroatoms. The van der Waals surface area contributed by atoms with Gasteiger partial charge in [-0.1, -0.05) is 23.7 Å². The molecule has 3 rings (SSSR count). The molecule has 1 saturated heterocycles. The van der Waals surface area contributed by atoms with Crippen molar-refractivity contribution in [3.8, 4) is 0 Å². The van der Waals surface area contributed by atoms with E-state index >= 15 is 0 Å². The summed E-state index contributed by atoms with van der Waals surface area (Å²) in [4.78, 5) is 16.1. The molecule has 2 aromatic carbocycles. The summed E-state index contributed by atoms with van der Waals surface area (Å²) in [5.41, 5.74) is 1.56. The van der Waals surface area contributed by atoms with Crippen LogP contribution in [0.3, 0.4) is 0 Å². The maximum atomic E-state index is 13.3. The van der Waals surface area contributed by atoms with Crippen molar-refractivity contribution in [2.45, 2.75) is 6.42 Å². The lowest BCUT2D eigenvalue weighted by Crippen LogP contribution is -2.49. The minimum atomic E-state index is -0.853. The third-order valence-corrected chi connectivity index (χ3v) is 4.42. The van der Waals surface area contributed by atoms with Crippen LogP contribution < -0.4 is 4.90 Å². The van der Waals surface area contributed by atoms with Crippen molar-refractivity contribution in [2.24, 2.45) is 0 Å². The number of rotatable bonds is 3. The highest BCUT2D eigenvalue weighted by Gasteiger charge is 2.22. The molecule has 0 radical (unpaired) electrons. The van der Waals surface area contributed by atoms with Gasteiger partial charge in [-0.25, -0.2) is 8.78 Å². The van der Waals surface area contributed by atoms with Crippen LogP contribution >= 0.6 is 11.6 Å². The second kappa shape index (κ2) is 7.18. The third-order valence-electron chi connectivity index (χ3n) is 4.17. The Morgan fingerprint density at radius 2 is 1.62 bits per heavy atom. The number of benzene rings is 2. The fourth-order valence-electron chi connectivity index (χ4n) is 2.78. The highest BCUT2D eigenvalue weighted by Crippen LogP contribution is 2.20. The summed E-state index contributed by atoms with van der Waals surface area (Å²) in [5, 5.41) is 0.645. The molecule has 0 atom stereocenters. The number of carbonyl (C=O) groups excluding carboxylic acids is 1. The van der Waals surface area contributed by atoms with Crippen molar-refractivity contribution in [3.63, 3.8) is 0 Å². The van der Waals surface area contributed by atoms with E-state index in [-0.39, 0.29) is 5.91 Å². The smallest absolute Gasteiger partial charge is 0.227 e. The highest BCUT2D eigenvalue weighted by molar-refractivity contribution is 6.30. The molecule has 0 spiro atoms. The number of hydrogen-bond donors (Lipinski definition) is 0. The van der Waals surface area contributed by atoms with Crippen LogP contribution in [-0.4, -0.2) is 37.0 Å². The summed E-state index contributed by atoms with van der Waals surface area (Å²) in [6.07, 6.45) is 0.336. The number of halogens is 3. The van der Waals surface area contributed by atoms with Gasteiger partial charge in [0.05, 0.1) is 6.42 Å². The van der Waals surface area contributed by atoms with Crippen molar-refractivity contribution >= 4 is 23.2 Å². The Bertz CT molecular complexity index is 728. The SMILES string of the molecule is O=C(Cc1ccc(Cl)cc1)N1CCN(c2ccc(F)c(F)c2)CC1. The average molecular weight is 351 g/mol. The van der Waals surface area contributed by atoms with Gasteiger partial charge < -0.3 is 9.80 Å². The molecule has 1 aliphatic rings. The van der Waals surface area contributed by atoms with Gasteiger partial charge in [0, 0.05) is 43.0 Å². The summed E-state index contributed by atoms with van der Waals surface area (Å²) < 4.78 is 26.3. The van der Waals surface area contributed by atoms with E-state index in [4.69, 9.17) is 11.6 Å². The van der Waals surface area contributed by atoms with Gasteiger partial charge in [0.25, 0.3) is 0 Å². The maximum absolute atomic E-state index is 13.3. The Kier molecular flexibility index (Phi) is 5.00. The quantitative estimate of drug-likeness (QED) is 0.845. The molecule has 0 saturated carbocycles. The van der Waals surface area contributed by atoms with Crippen LogP contribution in [-0.2, 0) is 11.2 Å². The van der Waals surface area contributed by atoms with Crippen molar-refractivity contribution in [3.05, 3.63) is 64.7 Å². The number of amides is 1. The van der Waals surface area contributed by atoms with Gasteiger partial charge in [-0.2, -0.15) is 0 Å². The number of nitrogens with zero attached hydrogens (tertiary/aromatic N) is 2. The van der Waals surface area contributed by atoms with E-state index in [1.165, 1.54) is 6.07 Å². The third kappa shape index (κ3) is 3.85. The predicted octanol–water partition coefficient (Wildman–Crippen LogP) is 3.51. The number of carbonyl (C=O) groups is 1. The van der Waals surface area contributed by atoms with Crippen LogP contribution in [0.2, 0.25) is 5.02 Å². The van der Waals surface area contributed by atoms with Crippen LogP contribution in [0.1, 0.15) is 5.56 Å². The molecule has 24 heavy (non-hydrogen) atoms. The number of anilines is 1. The molecular weight excluding hydrogens is 334 g/mol. The summed E-state index contributed by atoms with van der Waals surface area (Å²) in [5.74, 6) is -1.65.